The fraction of sp³-hybridized carbons (Fsp3) is 0.250. The van der Waals surface area contributed by atoms with Crippen LogP contribution in [0.5, 0.6) is 0 Å². The van der Waals surface area contributed by atoms with Crippen molar-refractivity contribution < 1.29 is 8.78 Å². The van der Waals surface area contributed by atoms with E-state index in [1.165, 1.54) is 23.5 Å². The number of anilines is 1. The van der Waals surface area contributed by atoms with Gasteiger partial charge < -0.3 is 5.32 Å². The van der Waals surface area contributed by atoms with Gasteiger partial charge in [0.05, 0.1) is 4.88 Å². The zero-order valence-electron chi connectivity index (χ0n) is 9.28. The van der Waals surface area contributed by atoms with Gasteiger partial charge >= 0.3 is 0 Å². The predicted molar refractivity (Wildman–Crippen MR) is 66.7 cm³/mol. The lowest BCUT2D eigenvalue weighted by molar-refractivity contribution is 0.151. The van der Waals surface area contributed by atoms with Gasteiger partial charge in [0, 0.05) is 18.3 Å². The van der Waals surface area contributed by atoms with Crippen LogP contribution in [0.4, 0.5) is 13.9 Å². The average Bonchev–Trinajstić information content (AvgIpc) is 2.78. The highest BCUT2D eigenvalue weighted by Crippen LogP contribution is 2.30. The normalized spacial score (nSPS) is 10.8. The second-order valence-electron chi connectivity index (χ2n) is 3.48. The number of alkyl halides is 2. The Morgan fingerprint density at radius 2 is 2.00 bits per heavy atom. The summed E-state index contributed by atoms with van der Waals surface area (Å²) in [5.41, 5.74) is 0.959. The fourth-order valence-electron chi connectivity index (χ4n) is 1.43. The molecule has 0 radical (unpaired) electrons. The van der Waals surface area contributed by atoms with Crippen molar-refractivity contribution in [3.05, 3.63) is 36.0 Å². The fourth-order valence-corrected chi connectivity index (χ4v) is 2.32. The quantitative estimate of drug-likeness (QED) is 0.885. The molecule has 0 bridgehead atoms. The highest BCUT2D eigenvalue weighted by atomic mass is 32.1. The molecule has 17 heavy (non-hydrogen) atoms. The van der Waals surface area contributed by atoms with Gasteiger partial charge in [-0.25, -0.2) is 13.8 Å². The van der Waals surface area contributed by atoms with E-state index in [1.54, 1.807) is 18.3 Å². The highest BCUT2D eigenvalue weighted by Gasteiger charge is 2.08. The Morgan fingerprint density at radius 3 is 2.59 bits per heavy atom. The Labute approximate surface area is 102 Å². The third-order valence-corrected chi connectivity index (χ3v) is 3.28. The summed E-state index contributed by atoms with van der Waals surface area (Å²) in [5, 5.41) is 3.96. The topological polar surface area (TPSA) is 24.9 Å². The molecule has 2 nitrogen and oxygen atoms in total. The number of aromatic nitrogens is 1. The molecular formula is C12H12F2N2S. The van der Waals surface area contributed by atoms with Gasteiger partial charge in [0.1, 0.15) is 0 Å². The number of hydrogen-bond donors (Lipinski definition) is 1. The van der Waals surface area contributed by atoms with Crippen LogP contribution in [0.1, 0.15) is 18.9 Å². The predicted octanol–water partition coefficient (Wildman–Crippen LogP) is 4.18. The van der Waals surface area contributed by atoms with Crippen molar-refractivity contribution in [2.75, 3.05) is 11.9 Å². The summed E-state index contributed by atoms with van der Waals surface area (Å²) in [6.07, 6.45) is -0.664. The minimum Gasteiger partial charge on any atom is -0.362 e. The number of nitrogens with zero attached hydrogens (tertiary/aromatic N) is 1. The Balaban J connectivity index is 2.21. The summed E-state index contributed by atoms with van der Waals surface area (Å²) in [6, 6.07) is 6.30. The molecule has 0 aliphatic carbocycles. The molecule has 0 saturated heterocycles. The number of halogens is 2. The first-order valence-corrected chi connectivity index (χ1v) is 6.10. The smallest absolute Gasteiger partial charge is 0.263 e. The molecule has 0 atom stereocenters. The molecule has 0 spiro atoms. The largest absolute Gasteiger partial charge is 0.362 e. The van der Waals surface area contributed by atoms with Crippen molar-refractivity contribution in [3.8, 4) is 10.4 Å². The second-order valence-corrected chi connectivity index (χ2v) is 4.51. The van der Waals surface area contributed by atoms with E-state index in [-0.39, 0.29) is 5.56 Å². The van der Waals surface area contributed by atoms with Gasteiger partial charge in [-0.2, -0.15) is 0 Å². The lowest BCUT2D eigenvalue weighted by atomic mass is 10.1. The van der Waals surface area contributed by atoms with Crippen LogP contribution in [-0.4, -0.2) is 11.5 Å². The van der Waals surface area contributed by atoms with Crippen LogP contribution < -0.4 is 5.32 Å². The van der Waals surface area contributed by atoms with Crippen LogP contribution in [0.2, 0.25) is 0 Å². The monoisotopic (exact) mass is 254 g/mol. The zero-order chi connectivity index (χ0) is 12.3. The average molecular weight is 254 g/mol. The first kappa shape index (κ1) is 12.0. The lowest BCUT2D eigenvalue weighted by Gasteiger charge is -2.00. The minimum atomic E-state index is -2.41. The number of benzene rings is 1. The van der Waals surface area contributed by atoms with Crippen molar-refractivity contribution in [3.63, 3.8) is 0 Å². The lowest BCUT2D eigenvalue weighted by Crippen LogP contribution is -1.94. The van der Waals surface area contributed by atoms with Crippen LogP contribution in [0, 0.1) is 0 Å². The van der Waals surface area contributed by atoms with E-state index in [2.05, 4.69) is 10.3 Å². The van der Waals surface area contributed by atoms with Gasteiger partial charge in [0.25, 0.3) is 6.43 Å². The van der Waals surface area contributed by atoms with Gasteiger partial charge in [-0.15, -0.1) is 0 Å². The Morgan fingerprint density at radius 1 is 1.29 bits per heavy atom. The van der Waals surface area contributed by atoms with Crippen molar-refractivity contribution in [1.82, 2.24) is 4.98 Å². The van der Waals surface area contributed by atoms with E-state index in [0.717, 1.165) is 22.1 Å². The molecule has 90 valence electrons. The minimum absolute atomic E-state index is 0.0465. The first-order valence-electron chi connectivity index (χ1n) is 5.29. The summed E-state index contributed by atoms with van der Waals surface area (Å²) in [6.45, 7) is 2.82. The number of thiazole rings is 1. The molecule has 0 fully saturated rings. The summed E-state index contributed by atoms with van der Waals surface area (Å²) in [4.78, 5) is 5.17. The molecule has 1 aromatic carbocycles. The molecule has 1 heterocycles. The van der Waals surface area contributed by atoms with E-state index >= 15 is 0 Å². The van der Waals surface area contributed by atoms with E-state index in [0.29, 0.717) is 0 Å². The Hall–Kier alpha value is -1.49. The van der Waals surface area contributed by atoms with Gasteiger partial charge in [-0.3, -0.25) is 0 Å². The molecule has 5 heteroatoms. The maximum absolute atomic E-state index is 12.4. The summed E-state index contributed by atoms with van der Waals surface area (Å²) in [5.74, 6) is 0. The molecule has 1 N–H and O–H groups in total. The summed E-state index contributed by atoms with van der Waals surface area (Å²) < 4.78 is 24.8. The zero-order valence-corrected chi connectivity index (χ0v) is 10.1. The summed E-state index contributed by atoms with van der Waals surface area (Å²) in [7, 11) is 0. The SMILES string of the molecule is CCNc1ncc(-c2ccc(C(F)F)cc2)s1. The molecule has 0 unspecified atom stereocenters. The first-order chi connectivity index (χ1) is 8.20. The Kier molecular flexibility index (Phi) is 3.68. The molecule has 1 aromatic heterocycles. The second kappa shape index (κ2) is 5.23. The molecular weight excluding hydrogens is 242 g/mol. The maximum atomic E-state index is 12.4. The molecule has 0 aliphatic heterocycles. The molecule has 2 rings (SSSR count). The van der Waals surface area contributed by atoms with Crippen molar-refractivity contribution in [2.45, 2.75) is 13.3 Å². The van der Waals surface area contributed by atoms with Crippen LogP contribution in [0.15, 0.2) is 30.5 Å². The standard InChI is InChI=1S/C12H12F2N2S/c1-2-15-12-16-7-10(17-12)8-3-5-9(6-4-8)11(13)14/h3-7,11H,2H2,1H3,(H,15,16). The van der Waals surface area contributed by atoms with Gasteiger partial charge in [-0.1, -0.05) is 35.6 Å². The van der Waals surface area contributed by atoms with Gasteiger partial charge in [-0.05, 0) is 12.5 Å². The molecule has 0 amide bonds. The third kappa shape index (κ3) is 2.79. The van der Waals surface area contributed by atoms with Crippen molar-refractivity contribution >= 4 is 16.5 Å². The van der Waals surface area contributed by atoms with Gasteiger partial charge in [0.15, 0.2) is 5.13 Å². The highest BCUT2D eigenvalue weighted by molar-refractivity contribution is 7.18. The van der Waals surface area contributed by atoms with E-state index in [9.17, 15) is 8.78 Å². The number of nitrogens with one attached hydrogen (secondary N) is 1. The van der Waals surface area contributed by atoms with Crippen molar-refractivity contribution in [2.24, 2.45) is 0 Å². The van der Waals surface area contributed by atoms with Crippen LogP contribution in [-0.2, 0) is 0 Å². The Bertz CT molecular complexity index is 480. The van der Waals surface area contributed by atoms with Crippen LogP contribution in [0.3, 0.4) is 0 Å². The van der Waals surface area contributed by atoms with E-state index in [1.807, 2.05) is 6.92 Å². The van der Waals surface area contributed by atoms with Crippen LogP contribution in [0.25, 0.3) is 10.4 Å². The number of rotatable bonds is 4. The molecule has 0 aliphatic rings. The number of hydrogen-bond acceptors (Lipinski definition) is 3. The van der Waals surface area contributed by atoms with E-state index < -0.39 is 6.43 Å². The maximum Gasteiger partial charge on any atom is 0.263 e. The van der Waals surface area contributed by atoms with E-state index in [4.69, 9.17) is 0 Å². The molecule has 2 aromatic rings. The van der Waals surface area contributed by atoms with Crippen molar-refractivity contribution in [1.29, 1.82) is 0 Å². The molecule has 0 saturated carbocycles. The summed E-state index contributed by atoms with van der Waals surface area (Å²) >= 11 is 1.52. The third-order valence-electron chi connectivity index (χ3n) is 2.28. The van der Waals surface area contributed by atoms with Crippen LogP contribution >= 0.6 is 11.3 Å². The van der Waals surface area contributed by atoms with Gasteiger partial charge in [0.2, 0.25) is 0 Å².